The molecule has 2 N–H and O–H groups in total. The molecule has 2 fully saturated rings. The topological polar surface area (TPSA) is 167 Å². The van der Waals surface area contributed by atoms with E-state index in [0.29, 0.717) is 108 Å². The van der Waals surface area contributed by atoms with Crippen molar-refractivity contribution in [2.24, 2.45) is 5.92 Å². The Morgan fingerprint density at radius 3 is 2.28 bits per heavy atom. The number of amides is 1. The number of ether oxygens (including phenoxy) is 1. The molecule has 1 saturated heterocycles. The Labute approximate surface area is 387 Å². The van der Waals surface area contributed by atoms with Crippen molar-refractivity contribution in [1.29, 1.82) is 0 Å². The highest BCUT2D eigenvalue weighted by atomic mass is 31.2. The minimum absolute atomic E-state index is 0.0197. The van der Waals surface area contributed by atoms with E-state index in [0.717, 1.165) is 34.6 Å². The Hall–Kier alpha value is -6.25. The van der Waals surface area contributed by atoms with Gasteiger partial charge in [0.1, 0.15) is 30.0 Å². The first kappa shape index (κ1) is 44.6. The molecule has 3 aromatic carbocycles. The number of aryl methyl sites for hydroxylation is 3. The van der Waals surface area contributed by atoms with Crippen LogP contribution in [0.1, 0.15) is 109 Å². The van der Waals surface area contributed by atoms with E-state index in [-0.39, 0.29) is 23.3 Å². The highest BCUT2D eigenvalue weighted by molar-refractivity contribution is 7.72. The van der Waals surface area contributed by atoms with E-state index < -0.39 is 24.5 Å². The fourth-order valence-corrected chi connectivity index (χ4v) is 13.5. The molecule has 2 aliphatic heterocycles. The number of aromatic nitrogens is 7. The van der Waals surface area contributed by atoms with E-state index >= 15 is 9.18 Å². The van der Waals surface area contributed by atoms with Gasteiger partial charge in [0.15, 0.2) is 5.82 Å². The first-order valence-corrected chi connectivity index (χ1v) is 25.4. The van der Waals surface area contributed by atoms with Gasteiger partial charge < -0.3 is 24.1 Å². The van der Waals surface area contributed by atoms with Crippen LogP contribution in [-0.2, 0) is 21.3 Å². The molecule has 4 aromatic heterocycles. The van der Waals surface area contributed by atoms with Crippen LogP contribution in [-0.4, -0.2) is 83.6 Å². The summed E-state index contributed by atoms with van der Waals surface area (Å²) < 4.78 is 46.9. The Morgan fingerprint density at radius 2 is 1.64 bits per heavy atom. The van der Waals surface area contributed by atoms with E-state index in [4.69, 9.17) is 14.4 Å². The van der Waals surface area contributed by atoms with Crippen LogP contribution in [0.5, 0.6) is 0 Å². The van der Waals surface area contributed by atoms with Crippen LogP contribution in [0.2, 0.25) is 0 Å². The van der Waals surface area contributed by atoms with E-state index in [1.165, 1.54) is 5.56 Å². The molecule has 10 rings (SSSR count). The fourth-order valence-electron chi connectivity index (χ4n) is 11.1. The third kappa shape index (κ3) is 7.00. The lowest BCUT2D eigenvalue weighted by Crippen LogP contribution is -2.41. The number of halogens is 1. The lowest BCUT2D eigenvalue weighted by atomic mass is 9.91. The predicted octanol–water partition coefficient (Wildman–Crippen LogP) is 8.02. The van der Waals surface area contributed by atoms with Crippen LogP contribution < -0.4 is 22.1 Å². The number of hydrogen-bond acceptors (Lipinski definition) is 9. The quantitative estimate of drug-likeness (QED) is 0.122. The SMILES string of the molecule is CCP(=O)(CC)c1c(C)cc(-n2ccn(-c3c4c(nn3-c3cc(C)c(F)c(C)c3)CCN(C(=O)c3cc5cc(C6CCOCC6)ccc5n3C3(c5noc(=O)[nH]5)CC3C)C4C)c2=O)cc1NC. The summed E-state index contributed by atoms with van der Waals surface area (Å²) in [5, 5.41) is 14.3. The Kier molecular flexibility index (Phi) is 11.0. The molecule has 3 unspecified atom stereocenters. The highest BCUT2D eigenvalue weighted by Crippen LogP contribution is 2.56. The van der Waals surface area contributed by atoms with Crippen LogP contribution in [0.4, 0.5) is 10.1 Å². The molecule has 67 heavy (non-hydrogen) atoms. The summed E-state index contributed by atoms with van der Waals surface area (Å²) in [5.41, 5.74) is 6.22. The van der Waals surface area contributed by atoms with Gasteiger partial charge in [-0.05, 0) is 124 Å². The summed E-state index contributed by atoms with van der Waals surface area (Å²) in [4.78, 5) is 47.6. The molecule has 350 valence electrons. The maximum atomic E-state index is 15.6. The van der Waals surface area contributed by atoms with Gasteiger partial charge in [-0.3, -0.25) is 23.4 Å². The number of carbonyl (C=O) groups excluding carboxylic acids is 1. The molecule has 0 spiro atoms. The van der Waals surface area contributed by atoms with Crippen molar-refractivity contribution in [2.45, 2.75) is 91.6 Å². The molecule has 1 amide bonds. The number of imidazole rings is 1. The molecule has 6 heterocycles. The summed E-state index contributed by atoms with van der Waals surface area (Å²) in [6.07, 6.45) is 7.28. The maximum Gasteiger partial charge on any atom is 0.438 e. The van der Waals surface area contributed by atoms with Crippen molar-refractivity contribution in [3.63, 3.8) is 0 Å². The largest absolute Gasteiger partial charge is 0.438 e. The number of nitrogens with one attached hydrogen (secondary N) is 2. The molecule has 3 aliphatic rings. The van der Waals surface area contributed by atoms with Gasteiger partial charge in [-0.1, -0.05) is 32.0 Å². The van der Waals surface area contributed by atoms with Crippen molar-refractivity contribution in [3.05, 3.63) is 133 Å². The first-order valence-electron chi connectivity index (χ1n) is 23.4. The van der Waals surface area contributed by atoms with E-state index in [2.05, 4.69) is 40.6 Å². The highest BCUT2D eigenvalue weighted by Gasteiger charge is 2.59. The zero-order chi connectivity index (χ0) is 47.3. The Balaban J connectivity index is 1.12. The third-order valence-corrected chi connectivity index (χ3v) is 18.4. The second-order valence-corrected chi connectivity index (χ2v) is 22.2. The van der Waals surface area contributed by atoms with Crippen molar-refractivity contribution < 1.29 is 23.0 Å². The van der Waals surface area contributed by atoms with Gasteiger partial charge in [0.05, 0.1) is 23.1 Å². The van der Waals surface area contributed by atoms with Gasteiger partial charge in [-0.15, -0.1) is 0 Å². The molecule has 0 radical (unpaired) electrons. The van der Waals surface area contributed by atoms with Crippen LogP contribution in [0.3, 0.4) is 0 Å². The number of benzene rings is 3. The number of fused-ring (bicyclic) bond motifs is 2. The number of carbonyl (C=O) groups is 1. The summed E-state index contributed by atoms with van der Waals surface area (Å²) >= 11 is 0. The third-order valence-electron chi connectivity index (χ3n) is 14.9. The molecular formula is C50H57FN9O6P. The molecule has 15 nitrogen and oxygen atoms in total. The first-order chi connectivity index (χ1) is 32.1. The average molecular weight is 930 g/mol. The second kappa shape index (κ2) is 16.5. The number of anilines is 1. The van der Waals surface area contributed by atoms with Gasteiger partial charge in [-0.25, -0.2) is 18.7 Å². The number of nitrogens with zero attached hydrogens (tertiary/aromatic N) is 7. The smallest absolute Gasteiger partial charge is 0.387 e. The lowest BCUT2D eigenvalue weighted by molar-refractivity contribution is 0.0663. The van der Waals surface area contributed by atoms with Crippen LogP contribution >= 0.6 is 7.14 Å². The van der Waals surface area contributed by atoms with E-state index in [9.17, 15) is 14.2 Å². The number of H-pyrrole nitrogens is 1. The molecule has 0 bridgehead atoms. The lowest BCUT2D eigenvalue weighted by Gasteiger charge is -2.34. The minimum atomic E-state index is -2.69. The van der Waals surface area contributed by atoms with Gasteiger partial charge in [0, 0.05) is 85.4 Å². The molecule has 1 saturated carbocycles. The molecule has 1 aliphatic carbocycles. The van der Waals surface area contributed by atoms with Crippen molar-refractivity contribution in [3.8, 4) is 17.2 Å². The summed E-state index contributed by atoms with van der Waals surface area (Å²) in [5.74, 6) is -0.0529. The zero-order valence-electron chi connectivity index (χ0n) is 39.3. The van der Waals surface area contributed by atoms with Gasteiger partial charge >= 0.3 is 11.4 Å². The minimum Gasteiger partial charge on any atom is -0.387 e. The van der Waals surface area contributed by atoms with Crippen molar-refractivity contribution >= 4 is 34.9 Å². The monoisotopic (exact) mass is 929 g/mol. The average Bonchev–Trinajstić information content (AvgIpc) is 3.82. The summed E-state index contributed by atoms with van der Waals surface area (Å²) in [7, 11) is -0.896. The number of aromatic amines is 1. The fraction of sp³-hybridized carbons (Fsp3) is 0.420. The summed E-state index contributed by atoms with van der Waals surface area (Å²) in [6.45, 7) is 15.0. The normalized spacial score (nSPS) is 19.9. The molecule has 17 heteroatoms. The second-order valence-electron chi connectivity index (χ2n) is 18.7. The number of hydrogen-bond donors (Lipinski definition) is 2. The van der Waals surface area contributed by atoms with Gasteiger partial charge in [0.2, 0.25) is 0 Å². The van der Waals surface area contributed by atoms with Crippen molar-refractivity contribution in [1.82, 2.24) is 38.5 Å². The van der Waals surface area contributed by atoms with E-state index in [1.807, 2.05) is 55.4 Å². The molecule has 7 aromatic rings. The Bertz CT molecular complexity index is 3260. The molecular weight excluding hydrogens is 873 g/mol. The maximum absolute atomic E-state index is 15.6. The predicted molar refractivity (Wildman–Crippen MR) is 256 cm³/mol. The van der Waals surface area contributed by atoms with Crippen LogP contribution in [0.15, 0.2) is 75.0 Å². The number of rotatable bonds is 11. The van der Waals surface area contributed by atoms with E-state index in [1.54, 1.807) is 59.2 Å². The summed E-state index contributed by atoms with van der Waals surface area (Å²) in [6, 6.07) is 15.0. The van der Waals surface area contributed by atoms with Crippen LogP contribution in [0.25, 0.3) is 28.1 Å². The standard InChI is InChI=1S/C50H57FN9O6P/c1-9-67(64,10-2)44-30(5)23-36(26-39(44)52-8)57-17-18-58(49(57)63)45-42-32(7)56(16-13-38(42)54-60(45)37-21-28(3)43(51)29(4)22-37)46(61)41-25-35-24-34(33-14-19-65-20-15-33)11-12-40(35)59(41)50(27-31(50)6)47-53-48(62)66-55-47/h11-12,17-18,21-26,31-33,52H,9-10,13-16,19-20,27H2,1-8H3,(H,53,55,62). The Morgan fingerprint density at radius 1 is 0.955 bits per heavy atom. The van der Waals surface area contributed by atoms with Crippen molar-refractivity contribution in [2.75, 3.05) is 44.4 Å². The van der Waals surface area contributed by atoms with Gasteiger partial charge in [0.25, 0.3) is 5.91 Å². The van der Waals surface area contributed by atoms with Crippen LogP contribution in [0, 0.1) is 32.5 Å². The van der Waals surface area contributed by atoms with Gasteiger partial charge in [-0.2, -0.15) is 5.10 Å². The zero-order valence-corrected chi connectivity index (χ0v) is 40.2. The molecule has 3 atom stereocenters.